The summed E-state index contributed by atoms with van der Waals surface area (Å²) in [4.78, 5) is 22.6. The molecule has 0 aliphatic rings. The Bertz CT molecular complexity index is 217. The molecule has 88 valence electrons. The number of esters is 1. The van der Waals surface area contributed by atoms with E-state index in [0.29, 0.717) is 0 Å². The van der Waals surface area contributed by atoms with Gasteiger partial charge in [-0.2, -0.15) is 0 Å². The van der Waals surface area contributed by atoms with Gasteiger partial charge in [-0.05, 0) is 5.92 Å². The molecule has 0 aromatic rings. The maximum absolute atomic E-state index is 11.4. The van der Waals surface area contributed by atoms with Crippen LogP contribution in [0.1, 0.15) is 20.3 Å². The highest BCUT2D eigenvalue weighted by Gasteiger charge is 2.26. The normalized spacial score (nSPS) is 14.1. The Labute approximate surface area is 90.1 Å². The summed E-state index contributed by atoms with van der Waals surface area (Å²) in [6.07, 6.45) is 0.785. The summed E-state index contributed by atoms with van der Waals surface area (Å²) in [7, 11) is 2.73. The average molecular weight is 217 g/mol. The number of hydrogen-bond acceptors (Lipinski definition) is 4. The van der Waals surface area contributed by atoms with E-state index in [1.165, 1.54) is 14.2 Å². The lowest BCUT2D eigenvalue weighted by atomic mass is 9.99. The summed E-state index contributed by atoms with van der Waals surface area (Å²) < 4.78 is 9.29. The Balaban J connectivity index is 4.37. The first kappa shape index (κ1) is 13.9. The molecule has 0 saturated carbocycles. The molecule has 0 unspecified atom stereocenters. The van der Waals surface area contributed by atoms with E-state index in [9.17, 15) is 9.59 Å². The molecular weight excluding hydrogens is 198 g/mol. The molecular formula is C10H19NO4. The number of carbonyl (C=O) groups excluding carboxylic acids is 2. The van der Waals surface area contributed by atoms with Crippen molar-refractivity contribution in [2.45, 2.75) is 26.3 Å². The molecule has 0 spiro atoms. The van der Waals surface area contributed by atoms with Gasteiger partial charge in [0, 0.05) is 7.11 Å². The molecule has 0 bridgehead atoms. The zero-order valence-corrected chi connectivity index (χ0v) is 9.70. The van der Waals surface area contributed by atoms with Crippen molar-refractivity contribution in [3.05, 3.63) is 0 Å². The molecule has 1 N–H and O–H groups in total. The van der Waals surface area contributed by atoms with E-state index in [1.807, 2.05) is 13.8 Å². The molecule has 0 aromatic heterocycles. The fourth-order valence-corrected chi connectivity index (χ4v) is 1.14. The number of methoxy groups -OCH3 is 2. The largest absolute Gasteiger partial charge is 0.467 e. The van der Waals surface area contributed by atoms with Crippen molar-refractivity contribution in [3.63, 3.8) is 0 Å². The number of nitrogens with one attached hydrogen (secondary N) is 1. The summed E-state index contributed by atoms with van der Waals surface area (Å²) in [5.74, 6) is -0.694. The molecule has 0 radical (unpaired) electrons. The third-order valence-electron chi connectivity index (χ3n) is 2.26. The Kier molecular flexibility index (Phi) is 6.70. The summed E-state index contributed by atoms with van der Waals surface area (Å²) in [5.41, 5.74) is 0. The van der Waals surface area contributed by atoms with Crippen LogP contribution in [0.3, 0.4) is 0 Å². The lowest BCUT2D eigenvalue weighted by Crippen LogP contribution is -2.46. The van der Waals surface area contributed by atoms with E-state index in [4.69, 9.17) is 0 Å². The Hall–Kier alpha value is -1.10. The van der Waals surface area contributed by atoms with Gasteiger partial charge in [-0.1, -0.05) is 20.3 Å². The summed E-state index contributed by atoms with van der Waals surface area (Å²) in [6.45, 7) is 3.78. The molecule has 5 heteroatoms. The van der Waals surface area contributed by atoms with E-state index in [0.717, 1.165) is 6.42 Å². The van der Waals surface area contributed by atoms with Gasteiger partial charge in [-0.25, -0.2) is 4.79 Å². The Morgan fingerprint density at radius 1 is 1.33 bits per heavy atom. The van der Waals surface area contributed by atoms with Gasteiger partial charge >= 0.3 is 5.97 Å². The van der Waals surface area contributed by atoms with Crippen LogP contribution in [0.15, 0.2) is 0 Å². The second-order valence-corrected chi connectivity index (χ2v) is 3.39. The highest BCUT2D eigenvalue weighted by atomic mass is 16.5. The summed E-state index contributed by atoms with van der Waals surface area (Å²) in [6, 6.07) is -0.595. The van der Waals surface area contributed by atoms with E-state index in [1.54, 1.807) is 0 Å². The molecule has 0 rings (SSSR count). The zero-order valence-electron chi connectivity index (χ0n) is 9.70. The molecule has 0 heterocycles. The van der Waals surface area contributed by atoms with Crippen molar-refractivity contribution in [1.82, 2.24) is 5.32 Å². The second-order valence-electron chi connectivity index (χ2n) is 3.39. The number of hydrogen-bond donors (Lipinski definition) is 1. The SMILES string of the molecule is CC[C@@H](C)[C@H](NC(=O)COC)C(=O)OC. The van der Waals surface area contributed by atoms with Gasteiger partial charge in [0.15, 0.2) is 0 Å². The van der Waals surface area contributed by atoms with E-state index >= 15 is 0 Å². The van der Waals surface area contributed by atoms with Crippen LogP contribution in [0.2, 0.25) is 0 Å². The van der Waals surface area contributed by atoms with Crippen LogP contribution in [-0.4, -0.2) is 38.7 Å². The van der Waals surface area contributed by atoms with Crippen LogP contribution in [0.4, 0.5) is 0 Å². The molecule has 0 saturated heterocycles. The van der Waals surface area contributed by atoms with Crippen molar-refractivity contribution in [2.75, 3.05) is 20.8 Å². The van der Waals surface area contributed by atoms with Gasteiger partial charge in [-0.3, -0.25) is 4.79 Å². The topological polar surface area (TPSA) is 64.6 Å². The molecule has 5 nitrogen and oxygen atoms in total. The van der Waals surface area contributed by atoms with Crippen LogP contribution in [0.25, 0.3) is 0 Å². The second kappa shape index (κ2) is 7.23. The Morgan fingerprint density at radius 2 is 1.93 bits per heavy atom. The first-order valence-corrected chi connectivity index (χ1v) is 4.92. The number of rotatable bonds is 6. The van der Waals surface area contributed by atoms with Gasteiger partial charge in [0.2, 0.25) is 5.91 Å². The van der Waals surface area contributed by atoms with Crippen LogP contribution < -0.4 is 5.32 Å². The minimum absolute atomic E-state index is 0.0401. The van der Waals surface area contributed by atoms with Crippen molar-refractivity contribution < 1.29 is 19.1 Å². The van der Waals surface area contributed by atoms with Crippen LogP contribution in [0, 0.1) is 5.92 Å². The molecule has 0 aromatic carbocycles. The smallest absolute Gasteiger partial charge is 0.328 e. The van der Waals surface area contributed by atoms with Gasteiger partial charge < -0.3 is 14.8 Å². The molecule has 0 aliphatic heterocycles. The quantitative estimate of drug-likeness (QED) is 0.651. The van der Waals surface area contributed by atoms with Crippen molar-refractivity contribution >= 4 is 11.9 Å². The minimum Gasteiger partial charge on any atom is -0.467 e. The molecule has 0 aliphatic carbocycles. The van der Waals surface area contributed by atoms with Gasteiger partial charge in [0.05, 0.1) is 7.11 Å². The standard InChI is InChI=1S/C10H19NO4/c1-5-7(2)9(10(13)15-4)11-8(12)6-14-3/h7,9H,5-6H2,1-4H3,(H,11,12)/t7-,9+/m1/s1. The fraction of sp³-hybridized carbons (Fsp3) is 0.800. The monoisotopic (exact) mass is 217 g/mol. The molecule has 0 fully saturated rings. The van der Waals surface area contributed by atoms with Gasteiger partial charge in [-0.15, -0.1) is 0 Å². The van der Waals surface area contributed by atoms with E-state index in [2.05, 4.69) is 14.8 Å². The maximum atomic E-state index is 11.4. The summed E-state index contributed by atoms with van der Waals surface area (Å²) in [5, 5.41) is 2.58. The van der Waals surface area contributed by atoms with Crippen LogP contribution >= 0.6 is 0 Å². The third kappa shape index (κ3) is 4.78. The number of ether oxygens (including phenoxy) is 2. The predicted octanol–water partition coefficient (Wildman–Crippen LogP) is 0.337. The first-order valence-electron chi connectivity index (χ1n) is 4.92. The lowest BCUT2D eigenvalue weighted by molar-refractivity contribution is -0.147. The minimum atomic E-state index is -0.595. The highest BCUT2D eigenvalue weighted by molar-refractivity contribution is 5.85. The zero-order chi connectivity index (χ0) is 11.8. The van der Waals surface area contributed by atoms with Crippen LogP contribution in [0.5, 0.6) is 0 Å². The average Bonchev–Trinajstić information content (AvgIpc) is 2.24. The number of amides is 1. The molecule has 15 heavy (non-hydrogen) atoms. The van der Waals surface area contributed by atoms with Crippen molar-refractivity contribution in [2.24, 2.45) is 5.92 Å². The lowest BCUT2D eigenvalue weighted by Gasteiger charge is -2.21. The van der Waals surface area contributed by atoms with Crippen molar-refractivity contribution in [1.29, 1.82) is 0 Å². The maximum Gasteiger partial charge on any atom is 0.328 e. The highest BCUT2D eigenvalue weighted by Crippen LogP contribution is 2.08. The van der Waals surface area contributed by atoms with Crippen LogP contribution in [-0.2, 0) is 19.1 Å². The number of carbonyl (C=O) groups is 2. The summed E-state index contributed by atoms with van der Waals surface area (Å²) >= 11 is 0. The van der Waals surface area contributed by atoms with E-state index < -0.39 is 12.0 Å². The van der Waals surface area contributed by atoms with Gasteiger partial charge in [0.1, 0.15) is 12.6 Å². The fourth-order valence-electron chi connectivity index (χ4n) is 1.14. The Morgan fingerprint density at radius 3 is 2.33 bits per heavy atom. The molecule has 1 amide bonds. The third-order valence-corrected chi connectivity index (χ3v) is 2.26. The first-order chi connectivity index (χ1) is 7.06. The van der Waals surface area contributed by atoms with Crippen molar-refractivity contribution in [3.8, 4) is 0 Å². The van der Waals surface area contributed by atoms with Gasteiger partial charge in [0.25, 0.3) is 0 Å². The molecule has 2 atom stereocenters. The van der Waals surface area contributed by atoms with E-state index in [-0.39, 0.29) is 18.4 Å². The predicted molar refractivity (Wildman–Crippen MR) is 55.3 cm³/mol.